The van der Waals surface area contributed by atoms with Crippen LogP contribution in [0.15, 0.2) is 35.4 Å². The largest absolute Gasteiger partial charge is 0.382 e. The Morgan fingerprint density at radius 1 is 1.32 bits per heavy atom. The Hall–Kier alpha value is -2.67. The quantitative estimate of drug-likeness (QED) is 0.416. The van der Waals surface area contributed by atoms with E-state index >= 15 is 0 Å². The van der Waals surface area contributed by atoms with Crippen LogP contribution in [0.4, 0.5) is 11.6 Å². The minimum Gasteiger partial charge on any atom is -0.382 e. The topological polar surface area (TPSA) is 110 Å². The van der Waals surface area contributed by atoms with E-state index in [0.29, 0.717) is 5.82 Å². The van der Waals surface area contributed by atoms with Gasteiger partial charge in [-0.25, -0.2) is 9.97 Å². The molecule has 0 fully saturated rings. The van der Waals surface area contributed by atoms with Crippen LogP contribution in [0.5, 0.6) is 0 Å². The van der Waals surface area contributed by atoms with E-state index in [4.69, 9.17) is 5.73 Å². The van der Waals surface area contributed by atoms with Crippen LogP contribution in [-0.2, 0) is 4.43 Å². The zero-order valence-electron chi connectivity index (χ0n) is 15.9. The maximum atomic E-state index is 13.3. The number of pyridine rings is 1. The van der Waals surface area contributed by atoms with Gasteiger partial charge in [0.1, 0.15) is 29.6 Å². The predicted molar refractivity (Wildman–Crippen MR) is 120 cm³/mol. The number of aromatic nitrogens is 3. The van der Waals surface area contributed by atoms with Crippen molar-refractivity contribution < 1.29 is 0 Å². The minimum atomic E-state index is -0.274. The van der Waals surface area contributed by atoms with E-state index in [1.807, 2.05) is 51.1 Å². The average Bonchev–Trinajstić information content (AvgIpc) is 2.67. The van der Waals surface area contributed by atoms with Crippen LogP contribution < -0.4 is 16.6 Å². The fraction of sp³-hybridized carbons (Fsp3) is 0.300. The van der Waals surface area contributed by atoms with E-state index in [-0.39, 0.29) is 29.0 Å². The summed E-state index contributed by atoms with van der Waals surface area (Å²) in [5, 5.41) is 14.2. The van der Waals surface area contributed by atoms with Crippen molar-refractivity contribution in [2.45, 2.75) is 37.3 Å². The van der Waals surface area contributed by atoms with Gasteiger partial charge < -0.3 is 15.6 Å². The first kappa shape index (κ1) is 20.1. The molecule has 7 nitrogen and oxygen atoms in total. The van der Waals surface area contributed by atoms with Gasteiger partial charge in [0.2, 0.25) is 0 Å². The van der Waals surface area contributed by atoms with E-state index in [1.165, 1.54) is 6.33 Å². The lowest BCUT2D eigenvalue weighted by Gasteiger charge is -2.24. The van der Waals surface area contributed by atoms with Crippen LogP contribution in [-0.4, -0.2) is 14.5 Å². The molecule has 28 heavy (non-hydrogen) atoms. The lowest BCUT2D eigenvalue weighted by molar-refractivity contribution is 0.541. The molecule has 0 radical (unpaired) electrons. The number of alkyl halides is 1. The van der Waals surface area contributed by atoms with Gasteiger partial charge in [0.05, 0.1) is 11.4 Å². The summed E-state index contributed by atoms with van der Waals surface area (Å²) in [5.74, 6) is 0.477. The second kappa shape index (κ2) is 8.14. The molecule has 0 unspecified atom stereocenters. The lowest BCUT2D eigenvalue weighted by atomic mass is 10.0. The summed E-state index contributed by atoms with van der Waals surface area (Å²) in [4.78, 5) is 21.3. The number of anilines is 2. The molecule has 0 aliphatic carbocycles. The molecule has 1 atom stereocenters. The van der Waals surface area contributed by atoms with Crippen molar-refractivity contribution in [1.82, 2.24) is 14.5 Å². The second-order valence-electron chi connectivity index (χ2n) is 6.81. The van der Waals surface area contributed by atoms with Crippen molar-refractivity contribution in [3.63, 3.8) is 0 Å². The van der Waals surface area contributed by atoms with Crippen molar-refractivity contribution in [2.24, 2.45) is 0 Å². The Morgan fingerprint density at radius 2 is 2.07 bits per heavy atom. The fourth-order valence-electron chi connectivity index (χ4n) is 3.34. The monoisotopic (exact) mass is 488 g/mol. The van der Waals surface area contributed by atoms with Crippen LogP contribution >= 0.6 is 22.6 Å². The summed E-state index contributed by atoms with van der Waals surface area (Å²) in [6, 6.07) is 9.68. The Labute approximate surface area is 176 Å². The number of nitrogens with one attached hydrogen (secondary N) is 1. The summed E-state index contributed by atoms with van der Waals surface area (Å²) >= 11 is 2.28. The van der Waals surface area contributed by atoms with Crippen LogP contribution in [0.1, 0.15) is 49.7 Å². The molecule has 2 heterocycles. The maximum absolute atomic E-state index is 13.3. The van der Waals surface area contributed by atoms with Gasteiger partial charge in [-0.3, -0.25) is 4.79 Å². The van der Waals surface area contributed by atoms with Gasteiger partial charge >= 0.3 is 0 Å². The Morgan fingerprint density at radius 3 is 2.71 bits per heavy atom. The van der Waals surface area contributed by atoms with Crippen LogP contribution in [0.3, 0.4) is 0 Å². The zero-order chi connectivity index (χ0) is 20.4. The number of rotatable bonds is 5. The van der Waals surface area contributed by atoms with E-state index in [9.17, 15) is 10.1 Å². The molecular weight excluding hydrogens is 467 g/mol. The Bertz CT molecular complexity index is 1130. The number of nitrogens with two attached hydrogens (primary N) is 1. The highest BCUT2D eigenvalue weighted by Crippen LogP contribution is 2.27. The number of nitriles is 1. The molecule has 0 bridgehead atoms. The Balaban J connectivity index is 2.18. The average molecular weight is 488 g/mol. The molecule has 3 aromatic rings. The maximum Gasteiger partial charge on any atom is 0.259 e. The minimum absolute atomic E-state index is 0.00822. The molecule has 0 saturated carbocycles. The smallest absolute Gasteiger partial charge is 0.259 e. The highest BCUT2D eigenvalue weighted by molar-refractivity contribution is 14.1. The van der Waals surface area contributed by atoms with Crippen molar-refractivity contribution in [2.75, 3.05) is 11.1 Å². The molecule has 0 saturated heterocycles. The van der Waals surface area contributed by atoms with Gasteiger partial charge in [0.15, 0.2) is 0 Å². The normalized spacial score (nSPS) is 12.1. The van der Waals surface area contributed by atoms with Crippen LogP contribution in [0.2, 0.25) is 0 Å². The summed E-state index contributed by atoms with van der Waals surface area (Å²) in [5.41, 5.74) is 7.82. The van der Waals surface area contributed by atoms with Gasteiger partial charge in [-0.15, -0.1) is 0 Å². The molecule has 0 aliphatic heterocycles. The number of nitrogen functional groups attached to an aromatic ring is 1. The first-order chi connectivity index (χ1) is 13.4. The standard InChI is InChI=1S/C20H21IN6O/c1-11(2)27-16(7-13-5-4-6-14(8-21)17(13)20(27)28)12(3)26-19-15(9-22)18(23)24-10-25-19/h4-7,10-12H,8H2,1-3H3,(H3,23,24,25,26)/t12-/m0/s1. The van der Waals surface area contributed by atoms with Gasteiger partial charge in [0, 0.05) is 16.2 Å². The van der Waals surface area contributed by atoms with Gasteiger partial charge in [0.25, 0.3) is 5.56 Å². The highest BCUT2D eigenvalue weighted by Gasteiger charge is 2.20. The van der Waals surface area contributed by atoms with Gasteiger partial charge in [-0.1, -0.05) is 40.8 Å². The van der Waals surface area contributed by atoms with Crippen LogP contribution in [0.25, 0.3) is 10.8 Å². The molecule has 1 aromatic carbocycles. The predicted octanol–water partition coefficient (Wildman–Crippen LogP) is 3.93. The summed E-state index contributed by atoms with van der Waals surface area (Å²) in [6.07, 6.45) is 1.31. The fourth-order valence-corrected chi connectivity index (χ4v) is 3.98. The molecule has 0 aliphatic rings. The molecule has 0 spiro atoms. The van der Waals surface area contributed by atoms with Crippen molar-refractivity contribution >= 4 is 45.0 Å². The third-order valence-electron chi connectivity index (χ3n) is 4.64. The molecular formula is C20H21IN6O. The first-order valence-electron chi connectivity index (χ1n) is 8.89. The summed E-state index contributed by atoms with van der Waals surface area (Å²) < 4.78 is 2.56. The van der Waals surface area contributed by atoms with Crippen molar-refractivity contribution in [1.29, 1.82) is 5.26 Å². The summed E-state index contributed by atoms with van der Waals surface area (Å²) in [6.45, 7) is 5.90. The number of hydrogen-bond donors (Lipinski definition) is 2. The molecule has 8 heteroatoms. The van der Waals surface area contributed by atoms with Crippen molar-refractivity contribution in [3.8, 4) is 6.07 Å². The summed E-state index contributed by atoms with van der Waals surface area (Å²) in [7, 11) is 0. The number of benzene rings is 1. The molecule has 3 N–H and O–H groups in total. The number of halogens is 1. The molecule has 2 aromatic heterocycles. The molecule has 144 valence electrons. The van der Waals surface area contributed by atoms with Gasteiger partial charge in [-0.05, 0) is 37.8 Å². The van der Waals surface area contributed by atoms with Gasteiger partial charge in [-0.2, -0.15) is 5.26 Å². The van der Waals surface area contributed by atoms with Crippen LogP contribution in [0, 0.1) is 11.3 Å². The van der Waals surface area contributed by atoms with E-state index in [2.05, 4.69) is 37.9 Å². The van der Waals surface area contributed by atoms with Crippen molar-refractivity contribution in [3.05, 3.63) is 57.8 Å². The number of nitrogens with zero attached hydrogens (tertiary/aromatic N) is 4. The SMILES string of the molecule is CC(C)n1c([C@H](C)Nc2ncnc(N)c2C#N)cc2cccc(CI)c2c1=O. The highest BCUT2D eigenvalue weighted by atomic mass is 127. The van der Waals surface area contributed by atoms with E-state index < -0.39 is 0 Å². The Kier molecular flexibility index (Phi) is 5.84. The first-order valence-corrected chi connectivity index (χ1v) is 10.4. The number of fused-ring (bicyclic) bond motifs is 1. The van der Waals surface area contributed by atoms with E-state index in [0.717, 1.165) is 26.5 Å². The molecule has 3 rings (SSSR count). The third kappa shape index (κ3) is 3.54. The molecule has 0 amide bonds. The third-order valence-corrected chi connectivity index (χ3v) is 5.46. The van der Waals surface area contributed by atoms with E-state index in [1.54, 1.807) is 4.57 Å². The second-order valence-corrected chi connectivity index (χ2v) is 7.58. The lowest BCUT2D eigenvalue weighted by Crippen LogP contribution is -2.29. The number of hydrogen-bond acceptors (Lipinski definition) is 6. The zero-order valence-corrected chi connectivity index (χ0v) is 18.1.